The predicted octanol–water partition coefficient (Wildman–Crippen LogP) is 1.68. The number of sulfonamides is 1. The van der Waals surface area contributed by atoms with E-state index in [4.69, 9.17) is 0 Å². The summed E-state index contributed by atoms with van der Waals surface area (Å²) in [6.45, 7) is 6.44. The van der Waals surface area contributed by atoms with Crippen LogP contribution < -0.4 is 15.4 Å². The van der Waals surface area contributed by atoms with Gasteiger partial charge in [-0.2, -0.15) is 0 Å². The van der Waals surface area contributed by atoms with E-state index in [0.717, 1.165) is 24.7 Å². The molecule has 6 nitrogen and oxygen atoms in total. The van der Waals surface area contributed by atoms with Crippen molar-refractivity contribution in [2.45, 2.75) is 58.0 Å². The molecular weight excluding hydrogens is 415 g/mol. The molecule has 1 aliphatic rings. The quantitative estimate of drug-likeness (QED) is 0.341. The molecule has 8 heteroatoms. The summed E-state index contributed by atoms with van der Waals surface area (Å²) in [5, 5.41) is 6.64. The molecule has 132 valence electrons. The minimum Gasteiger partial charge on any atom is -0.355 e. The van der Waals surface area contributed by atoms with E-state index in [1.54, 1.807) is 7.05 Å². The van der Waals surface area contributed by atoms with E-state index in [0.29, 0.717) is 12.6 Å². The zero-order valence-electron chi connectivity index (χ0n) is 14.3. The minimum absolute atomic E-state index is 0. The molecule has 0 aliphatic heterocycles. The fourth-order valence-electron chi connectivity index (χ4n) is 2.80. The van der Waals surface area contributed by atoms with Crippen LogP contribution in [-0.4, -0.2) is 45.8 Å². The molecule has 1 fully saturated rings. The normalized spacial score (nSPS) is 23.6. The van der Waals surface area contributed by atoms with Crippen molar-refractivity contribution >= 4 is 40.0 Å². The van der Waals surface area contributed by atoms with Crippen LogP contribution in [0, 0.1) is 5.92 Å². The second-order valence-electron chi connectivity index (χ2n) is 6.80. The highest BCUT2D eigenvalue weighted by Crippen LogP contribution is 2.23. The fraction of sp³-hybridized carbons (Fsp3) is 0.929. The maximum Gasteiger partial charge on any atom is 0.209 e. The van der Waals surface area contributed by atoms with Crippen molar-refractivity contribution in [2.24, 2.45) is 10.9 Å². The number of hydrogen-bond donors (Lipinski definition) is 3. The van der Waals surface area contributed by atoms with Crippen LogP contribution in [0.2, 0.25) is 0 Å². The maximum absolute atomic E-state index is 11.3. The van der Waals surface area contributed by atoms with Gasteiger partial charge in [-0.1, -0.05) is 19.8 Å². The van der Waals surface area contributed by atoms with Crippen molar-refractivity contribution in [1.82, 2.24) is 15.4 Å². The van der Waals surface area contributed by atoms with Crippen molar-refractivity contribution in [2.75, 3.05) is 19.8 Å². The zero-order valence-corrected chi connectivity index (χ0v) is 17.4. The van der Waals surface area contributed by atoms with Gasteiger partial charge in [0, 0.05) is 25.2 Å². The first kappa shape index (κ1) is 21.9. The molecule has 1 rings (SSSR count). The van der Waals surface area contributed by atoms with Crippen LogP contribution >= 0.6 is 24.0 Å². The third-order valence-electron chi connectivity index (χ3n) is 3.66. The zero-order chi connectivity index (χ0) is 16.1. The average Bonchev–Trinajstić information content (AvgIpc) is 2.31. The van der Waals surface area contributed by atoms with Crippen LogP contribution in [0.15, 0.2) is 4.99 Å². The molecule has 1 aliphatic carbocycles. The summed E-state index contributed by atoms with van der Waals surface area (Å²) in [5.41, 5.74) is -0.564. The lowest BCUT2D eigenvalue weighted by Gasteiger charge is -2.30. The van der Waals surface area contributed by atoms with Gasteiger partial charge in [0.15, 0.2) is 5.96 Å². The Kier molecular flexibility index (Phi) is 9.23. The van der Waals surface area contributed by atoms with Crippen molar-refractivity contribution in [1.29, 1.82) is 0 Å². The molecule has 0 saturated heterocycles. The van der Waals surface area contributed by atoms with Crippen LogP contribution in [0.3, 0.4) is 0 Å². The highest BCUT2D eigenvalue weighted by molar-refractivity contribution is 14.0. The molecule has 0 aromatic heterocycles. The highest BCUT2D eigenvalue weighted by Gasteiger charge is 2.23. The number of nitrogens with one attached hydrogen (secondary N) is 3. The van der Waals surface area contributed by atoms with Gasteiger partial charge in [0.25, 0.3) is 0 Å². The van der Waals surface area contributed by atoms with Gasteiger partial charge in [0.05, 0.1) is 6.26 Å². The van der Waals surface area contributed by atoms with Gasteiger partial charge in [-0.25, -0.2) is 13.1 Å². The Morgan fingerprint density at radius 2 is 1.95 bits per heavy atom. The lowest BCUT2D eigenvalue weighted by Crippen LogP contribution is -2.54. The second-order valence-corrected chi connectivity index (χ2v) is 8.55. The van der Waals surface area contributed by atoms with Gasteiger partial charge >= 0.3 is 0 Å². The molecule has 0 heterocycles. The van der Waals surface area contributed by atoms with E-state index in [9.17, 15) is 8.42 Å². The van der Waals surface area contributed by atoms with Crippen molar-refractivity contribution in [3.63, 3.8) is 0 Å². The van der Waals surface area contributed by atoms with Gasteiger partial charge in [0.1, 0.15) is 0 Å². The van der Waals surface area contributed by atoms with E-state index in [-0.39, 0.29) is 24.0 Å². The van der Waals surface area contributed by atoms with Crippen molar-refractivity contribution in [3.05, 3.63) is 0 Å². The number of aliphatic imine (C=N–C) groups is 1. The third-order valence-corrected chi connectivity index (χ3v) is 4.58. The lowest BCUT2D eigenvalue weighted by molar-refractivity contribution is 0.323. The van der Waals surface area contributed by atoms with Crippen molar-refractivity contribution < 1.29 is 8.42 Å². The average molecular weight is 446 g/mol. The monoisotopic (exact) mass is 446 g/mol. The maximum atomic E-state index is 11.3. The van der Waals surface area contributed by atoms with E-state index in [1.807, 2.05) is 13.8 Å². The van der Waals surface area contributed by atoms with Crippen LogP contribution in [0.5, 0.6) is 0 Å². The lowest BCUT2D eigenvalue weighted by atomic mass is 9.87. The molecule has 0 bridgehead atoms. The van der Waals surface area contributed by atoms with Crippen LogP contribution in [0.25, 0.3) is 0 Å². The fourth-order valence-corrected chi connectivity index (χ4v) is 3.87. The predicted molar refractivity (Wildman–Crippen MR) is 103 cm³/mol. The topological polar surface area (TPSA) is 82.6 Å². The van der Waals surface area contributed by atoms with Gasteiger partial charge in [-0.3, -0.25) is 4.99 Å². The molecule has 0 amide bonds. The first-order chi connectivity index (χ1) is 9.61. The Morgan fingerprint density at radius 1 is 1.32 bits per heavy atom. The molecule has 0 radical (unpaired) electrons. The summed E-state index contributed by atoms with van der Waals surface area (Å²) in [4.78, 5) is 4.22. The standard InChI is InChI=1S/C14H30N4O2S.HI/c1-11-7-6-8-12(9-11)17-13(15-4)16-10-14(2,3)18-21(5,19)20;/h11-12,18H,6-10H2,1-5H3,(H2,15,16,17);1H. The number of halogens is 1. The SMILES string of the molecule is CN=C(NCC(C)(C)NS(C)(=O)=O)NC1CCCC(C)C1.I. The summed E-state index contributed by atoms with van der Waals surface area (Å²) in [6, 6.07) is 0.450. The number of nitrogens with zero attached hydrogens (tertiary/aromatic N) is 1. The molecule has 0 spiro atoms. The van der Waals surface area contributed by atoms with Crippen LogP contribution in [-0.2, 0) is 10.0 Å². The Labute approximate surface area is 152 Å². The van der Waals surface area contributed by atoms with Gasteiger partial charge < -0.3 is 10.6 Å². The van der Waals surface area contributed by atoms with E-state index < -0.39 is 15.6 Å². The highest BCUT2D eigenvalue weighted by atomic mass is 127. The van der Waals surface area contributed by atoms with Gasteiger partial charge in [-0.05, 0) is 32.6 Å². The first-order valence-electron chi connectivity index (χ1n) is 7.57. The molecule has 22 heavy (non-hydrogen) atoms. The number of rotatable bonds is 5. The summed E-state index contributed by atoms with van der Waals surface area (Å²) in [5.74, 6) is 1.48. The van der Waals surface area contributed by atoms with E-state index >= 15 is 0 Å². The van der Waals surface area contributed by atoms with Crippen LogP contribution in [0.4, 0.5) is 0 Å². The molecule has 1 saturated carbocycles. The molecule has 3 N–H and O–H groups in total. The molecule has 0 aromatic carbocycles. The molecule has 0 aromatic rings. The molecule has 2 unspecified atom stereocenters. The minimum atomic E-state index is -3.22. The third kappa shape index (κ3) is 9.14. The van der Waals surface area contributed by atoms with Crippen molar-refractivity contribution in [3.8, 4) is 0 Å². The second kappa shape index (κ2) is 9.27. The summed E-state index contributed by atoms with van der Waals surface area (Å²) >= 11 is 0. The largest absolute Gasteiger partial charge is 0.355 e. The van der Waals surface area contributed by atoms with Crippen LogP contribution in [0.1, 0.15) is 46.5 Å². The van der Waals surface area contributed by atoms with E-state index in [1.165, 1.54) is 19.1 Å². The first-order valence-corrected chi connectivity index (χ1v) is 9.46. The Balaban J connectivity index is 0.00000441. The Bertz CT molecular complexity index is 465. The summed E-state index contributed by atoms with van der Waals surface area (Å²) < 4.78 is 25.3. The van der Waals surface area contributed by atoms with Gasteiger partial charge in [0.2, 0.25) is 10.0 Å². The summed E-state index contributed by atoms with van der Waals surface area (Å²) in [7, 11) is -1.49. The van der Waals surface area contributed by atoms with E-state index in [2.05, 4.69) is 27.3 Å². The Hall–Kier alpha value is -0.0900. The summed E-state index contributed by atoms with van der Waals surface area (Å²) in [6.07, 6.45) is 6.04. The van der Waals surface area contributed by atoms with Gasteiger partial charge in [-0.15, -0.1) is 24.0 Å². The molecular formula is C14H31IN4O2S. The number of hydrogen-bond acceptors (Lipinski definition) is 3. The molecule has 2 atom stereocenters. The number of guanidine groups is 1. The smallest absolute Gasteiger partial charge is 0.209 e. The Morgan fingerprint density at radius 3 is 2.45 bits per heavy atom.